The number of nitrogens with one attached hydrogen (secondary N) is 12. The van der Waals surface area contributed by atoms with Crippen LogP contribution in [0.2, 0.25) is 0 Å². The fourth-order valence-electron chi connectivity index (χ4n) is 11.3. The average molecular weight is 1630 g/mol. The largest absolute Gasteiger partial charge is 0.461 e. The first-order valence-corrected chi connectivity index (χ1v) is 40.6. The van der Waals surface area contributed by atoms with Gasteiger partial charge in [-0.25, -0.2) is 9.59 Å². The molecule has 0 saturated carbocycles. The van der Waals surface area contributed by atoms with Gasteiger partial charge < -0.3 is 92.2 Å². The van der Waals surface area contributed by atoms with Crippen molar-refractivity contribution in [1.29, 1.82) is 0 Å². The molecule has 114 heavy (non-hydrogen) atoms. The first-order valence-electron chi connectivity index (χ1n) is 38.1. The van der Waals surface area contributed by atoms with Crippen LogP contribution in [0, 0.1) is 11.8 Å². The predicted molar refractivity (Wildman–Crippen MR) is 431 cm³/mol. The molecule has 1 heterocycles. The van der Waals surface area contributed by atoms with Crippen LogP contribution in [-0.2, 0) is 97.9 Å². The van der Waals surface area contributed by atoms with Crippen molar-refractivity contribution >= 4 is 98.6 Å². The maximum Gasteiger partial charge on any atom is 0.408 e. The maximum atomic E-state index is 15.2. The summed E-state index contributed by atoms with van der Waals surface area (Å²) in [5, 5.41) is 31.9. The maximum absolute atomic E-state index is 15.2. The van der Waals surface area contributed by atoms with Gasteiger partial charge in [-0.05, 0) is 110 Å². The number of cyclic esters (lactones) is 1. The molecule has 4 aromatic rings. The summed E-state index contributed by atoms with van der Waals surface area (Å²) in [6, 6.07) is 22.1. The smallest absolute Gasteiger partial charge is 0.408 e. The summed E-state index contributed by atoms with van der Waals surface area (Å²) >= 11 is 0. The summed E-state index contributed by atoms with van der Waals surface area (Å²) < 4.78 is 34.2. The zero-order valence-electron chi connectivity index (χ0n) is 67.9. The number of amides is 12. The quantitative estimate of drug-likeness (QED) is 0.0130. The Hall–Kier alpha value is -9.67. The number of hydrogen-bond acceptors (Lipinski definition) is 21. The first-order chi connectivity index (χ1) is 53.8. The second kappa shape index (κ2) is 46.6. The summed E-state index contributed by atoms with van der Waals surface area (Å²) in [6.45, 7) is 22.6. The molecule has 0 bridgehead atoms. The van der Waals surface area contributed by atoms with Crippen LogP contribution in [0.3, 0.4) is 0 Å². The highest BCUT2D eigenvalue weighted by molar-refractivity contribution is 8.76. The minimum absolute atomic E-state index is 0.0214. The second-order valence-corrected chi connectivity index (χ2v) is 33.7. The molecule has 626 valence electrons. The Labute approximate surface area is 675 Å². The molecule has 9 atom stereocenters. The van der Waals surface area contributed by atoms with Crippen molar-refractivity contribution in [1.82, 2.24) is 63.8 Å². The molecule has 4 aromatic carbocycles. The van der Waals surface area contributed by atoms with Gasteiger partial charge in [0.2, 0.25) is 65.0 Å². The number of esters is 1. The van der Waals surface area contributed by atoms with Crippen LogP contribution in [0.4, 0.5) is 4.79 Å². The van der Waals surface area contributed by atoms with E-state index in [2.05, 4.69) is 63.8 Å². The predicted octanol–water partition coefficient (Wildman–Crippen LogP) is 4.08. The van der Waals surface area contributed by atoms with Gasteiger partial charge in [0, 0.05) is 24.5 Å². The van der Waals surface area contributed by atoms with Crippen LogP contribution in [0.15, 0.2) is 121 Å². The van der Waals surface area contributed by atoms with Crippen molar-refractivity contribution in [3.05, 3.63) is 144 Å². The zero-order valence-corrected chi connectivity index (χ0v) is 69.5. The fraction of sp³-hybridized carbons (Fsp3) is 0.543. The lowest BCUT2D eigenvalue weighted by atomic mass is 9.77. The zero-order chi connectivity index (χ0) is 84.3. The molecular weight excluding hydrogens is 1510 g/mol. The van der Waals surface area contributed by atoms with Crippen LogP contribution in [-0.4, -0.2) is 219 Å². The second-order valence-electron chi connectivity index (χ2n) is 30.9. The Morgan fingerprint density at radius 2 is 1.03 bits per heavy atom. The number of rotatable bonds is 38. The first kappa shape index (κ1) is 94.9. The van der Waals surface area contributed by atoms with Gasteiger partial charge in [0.15, 0.2) is 0 Å². The van der Waals surface area contributed by atoms with E-state index >= 15 is 9.59 Å². The van der Waals surface area contributed by atoms with E-state index in [1.807, 2.05) is 57.2 Å². The molecule has 12 N–H and O–H groups in total. The van der Waals surface area contributed by atoms with E-state index in [4.69, 9.17) is 28.4 Å². The highest BCUT2D eigenvalue weighted by atomic mass is 33.1. The Morgan fingerprint density at radius 1 is 0.518 bits per heavy atom. The standard InChI is InChI=1S/C81H116N12O19S2/c1-16-113-114-49-63(91-77(106)112-80(13,14)15)69(98)82-37-38-107-39-40-108-48-66(96)83-44-65(95)92-67(51(4)5)75(104)86-58(43-64(94)93-81(54-31-23-18-24-32-54,55-33-25-19-26-34-55)56-35-27-20-28-36-56)70(99)84-52(6)68(97)88-60-45-109-76(105)59(42-53-29-21-17-22-30-53)87-71(100)57(41-50(2)3)85-73(102)61(46-110-78(7,8)9)90-74(103)62(89-72(60)101)47-111-79(10,11)12/h17-36,50-52,57-63,67H,16,37-49H2,1-15H3,(H,82,98)(H,83,96)(H,84,99)(H,85,102)(H,86,104)(H,87,100)(H,88,97)(H,89,101)(H,90,103)(H,91,106)(H,92,95)(H,93,94)/t52-,57-,58-,59-,60-,61-,62-,63-,67-/m0/s1. The van der Waals surface area contributed by atoms with Gasteiger partial charge in [-0.2, -0.15) is 0 Å². The lowest BCUT2D eigenvalue weighted by molar-refractivity contribution is -0.151. The molecule has 5 rings (SSSR count). The van der Waals surface area contributed by atoms with E-state index in [1.165, 1.54) is 28.5 Å². The molecule has 31 nitrogen and oxygen atoms in total. The molecule has 1 aliphatic heterocycles. The van der Waals surface area contributed by atoms with Crippen molar-refractivity contribution in [2.45, 2.75) is 200 Å². The van der Waals surface area contributed by atoms with Crippen molar-refractivity contribution in [2.24, 2.45) is 11.8 Å². The highest BCUT2D eigenvalue weighted by Gasteiger charge is 2.42. The molecule has 0 aromatic heterocycles. The molecule has 0 spiro atoms. The Bertz CT molecular complexity index is 3710. The van der Waals surface area contributed by atoms with Crippen molar-refractivity contribution in [3.63, 3.8) is 0 Å². The lowest BCUT2D eigenvalue weighted by Crippen LogP contribution is -2.63. The molecule has 12 amide bonds. The van der Waals surface area contributed by atoms with Crippen molar-refractivity contribution in [3.8, 4) is 0 Å². The van der Waals surface area contributed by atoms with Gasteiger partial charge in [-0.15, -0.1) is 0 Å². The topological polar surface area (TPSA) is 422 Å². The van der Waals surface area contributed by atoms with E-state index in [-0.39, 0.29) is 45.1 Å². The third-order valence-electron chi connectivity index (χ3n) is 16.9. The van der Waals surface area contributed by atoms with Gasteiger partial charge in [0.05, 0.1) is 57.2 Å². The van der Waals surface area contributed by atoms with Gasteiger partial charge >= 0.3 is 12.1 Å². The SMILES string of the molecule is CCSSC[C@H](NC(=O)OC(C)(C)C)C(=O)NCCOCCOCC(=O)NCC(=O)N[C@H](C(=O)N[C@@H](CC(=O)NC(c1ccccc1)(c1ccccc1)c1ccccc1)C(=O)N[C@@H](C)C(=O)N[C@H]1COC(=O)[C@H](Cc2ccccc2)NC(=O)[C@H](CC(C)C)NC(=O)[C@H](COC(C)(C)C)NC(=O)[C@H](COC(C)(C)C)NC1=O)C(C)C. The normalized spacial score (nSPS) is 17.8. The summed E-state index contributed by atoms with van der Waals surface area (Å²) in [5.41, 5.74) is -1.56. The number of ether oxygens (including phenoxy) is 6. The highest BCUT2D eigenvalue weighted by Crippen LogP contribution is 2.37. The van der Waals surface area contributed by atoms with Gasteiger partial charge in [-0.1, -0.05) is 178 Å². The van der Waals surface area contributed by atoms with Gasteiger partial charge in [0.25, 0.3) is 0 Å². The van der Waals surface area contributed by atoms with E-state index in [0.29, 0.717) is 28.0 Å². The average Bonchev–Trinajstić information content (AvgIpc) is 0.753. The van der Waals surface area contributed by atoms with Gasteiger partial charge in [0.1, 0.15) is 78.7 Å². The molecule has 1 saturated heterocycles. The molecule has 0 unspecified atom stereocenters. The molecule has 0 aliphatic carbocycles. The summed E-state index contributed by atoms with van der Waals surface area (Å²) in [7, 11) is 2.96. The number of hydrogen-bond donors (Lipinski definition) is 12. The summed E-state index contributed by atoms with van der Waals surface area (Å²) in [6.07, 6.45) is -1.60. The summed E-state index contributed by atoms with van der Waals surface area (Å²) in [4.78, 5) is 185. The minimum Gasteiger partial charge on any atom is -0.461 e. The lowest BCUT2D eigenvalue weighted by Gasteiger charge is -2.37. The van der Waals surface area contributed by atoms with Crippen LogP contribution in [0.5, 0.6) is 0 Å². The number of alkyl carbamates (subject to hydrolysis) is 1. The van der Waals surface area contributed by atoms with Gasteiger partial charge in [-0.3, -0.25) is 52.7 Å². The number of carbonyl (C=O) groups excluding carboxylic acids is 13. The Kier molecular flexibility index (Phi) is 38.8. The van der Waals surface area contributed by atoms with Crippen molar-refractivity contribution in [2.75, 3.05) is 70.8 Å². The van der Waals surface area contributed by atoms with Crippen LogP contribution < -0.4 is 63.8 Å². The Morgan fingerprint density at radius 3 is 1.54 bits per heavy atom. The number of carbonyl (C=O) groups is 13. The van der Waals surface area contributed by atoms with Crippen LogP contribution in [0.25, 0.3) is 0 Å². The van der Waals surface area contributed by atoms with E-state index in [0.717, 1.165) is 5.75 Å². The fourth-order valence-corrected chi connectivity index (χ4v) is 13.1. The molecular formula is C81H116N12O19S2. The summed E-state index contributed by atoms with van der Waals surface area (Å²) in [5.74, 6) is -10.5. The van der Waals surface area contributed by atoms with E-state index in [9.17, 15) is 52.7 Å². The van der Waals surface area contributed by atoms with Crippen molar-refractivity contribution < 1.29 is 90.8 Å². The third kappa shape index (κ3) is 33.8. The van der Waals surface area contributed by atoms with Crippen LogP contribution in [0.1, 0.15) is 139 Å². The van der Waals surface area contributed by atoms with E-state index in [1.54, 1.807) is 161 Å². The number of benzene rings is 4. The molecule has 1 fully saturated rings. The molecule has 0 radical (unpaired) electrons. The molecule has 33 heteroatoms. The molecule has 1 aliphatic rings. The van der Waals surface area contributed by atoms with E-state index < -0.39 is 199 Å². The Balaban J connectivity index is 1.41. The third-order valence-corrected chi connectivity index (χ3v) is 19.4. The minimum atomic E-state index is -1.89. The monoisotopic (exact) mass is 1620 g/mol. The van der Waals surface area contributed by atoms with Crippen LogP contribution >= 0.6 is 21.6 Å².